The van der Waals surface area contributed by atoms with Gasteiger partial charge in [0.25, 0.3) is 0 Å². The smallest absolute Gasteiger partial charge is 0.310 e. The molecule has 0 spiro atoms. The topological polar surface area (TPSA) is 50.2 Å². The van der Waals surface area contributed by atoms with Crippen molar-refractivity contribution in [1.29, 1.82) is 0 Å². The molecular formula is C12H19NO2S. The van der Waals surface area contributed by atoms with E-state index in [1.54, 1.807) is 11.3 Å². The first-order valence-electron chi connectivity index (χ1n) is 5.60. The molecule has 1 heterocycles. The van der Waals surface area contributed by atoms with Gasteiger partial charge in [0.15, 0.2) is 0 Å². The number of nitrogens with zero attached hydrogens (tertiary/aromatic N) is 1. The summed E-state index contributed by atoms with van der Waals surface area (Å²) in [4.78, 5) is 16.3. The quantitative estimate of drug-likeness (QED) is 0.861. The van der Waals surface area contributed by atoms with Crippen molar-refractivity contribution in [3.63, 3.8) is 0 Å². The Labute approximate surface area is 101 Å². The van der Waals surface area contributed by atoms with Crippen LogP contribution in [-0.2, 0) is 17.6 Å². The lowest BCUT2D eigenvalue weighted by molar-refractivity contribution is -0.136. The molecular weight excluding hydrogens is 222 g/mol. The second kappa shape index (κ2) is 5.43. The number of aliphatic carboxylic acids is 1. The number of hydrogen-bond acceptors (Lipinski definition) is 3. The predicted molar refractivity (Wildman–Crippen MR) is 66.1 cm³/mol. The van der Waals surface area contributed by atoms with Gasteiger partial charge in [0.1, 0.15) is 5.01 Å². The lowest BCUT2D eigenvalue weighted by Gasteiger charge is -2.06. The molecule has 1 aromatic rings. The molecule has 0 aliphatic carbocycles. The van der Waals surface area contributed by atoms with E-state index in [1.165, 1.54) is 4.88 Å². The minimum absolute atomic E-state index is 0.0441. The fourth-order valence-corrected chi connectivity index (χ4v) is 2.69. The predicted octanol–water partition coefficient (Wildman–Crippen LogP) is 3.09. The van der Waals surface area contributed by atoms with Crippen LogP contribution >= 0.6 is 11.3 Å². The Hall–Kier alpha value is -0.900. The first-order chi connectivity index (χ1) is 7.40. The van der Waals surface area contributed by atoms with E-state index < -0.39 is 5.97 Å². The van der Waals surface area contributed by atoms with Crippen molar-refractivity contribution in [1.82, 2.24) is 4.98 Å². The minimum atomic E-state index is -0.805. The first kappa shape index (κ1) is 13.2. The van der Waals surface area contributed by atoms with E-state index in [9.17, 15) is 4.79 Å². The van der Waals surface area contributed by atoms with Crippen LogP contribution in [0.1, 0.15) is 49.2 Å². The van der Waals surface area contributed by atoms with Gasteiger partial charge in [0.2, 0.25) is 0 Å². The summed E-state index contributed by atoms with van der Waals surface area (Å²) in [5.74, 6) is 0.172. The van der Waals surface area contributed by atoms with Crippen molar-refractivity contribution < 1.29 is 9.90 Å². The molecule has 16 heavy (non-hydrogen) atoms. The van der Waals surface area contributed by atoms with Crippen LogP contribution in [0.15, 0.2) is 0 Å². The molecule has 0 saturated heterocycles. The maximum atomic E-state index is 10.6. The molecule has 0 bridgehead atoms. The Bertz CT molecular complexity index is 369. The summed E-state index contributed by atoms with van der Waals surface area (Å²) in [5.41, 5.74) is 1.09. The van der Waals surface area contributed by atoms with Gasteiger partial charge in [0.05, 0.1) is 12.1 Å². The van der Waals surface area contributed by atoms with Crippen LogP contribution in [0.5, 0.6) is 0 Å². The zero-order valence-corrected chi connectivity index (χ0v) is 11.1. The zero-order valence-electron chi connectivity index (χ0n) is 10.3. The van der Waals surface area contributed by atoms with E-state index in [1.807, 2.05) is 0 Å². The third-order valence-electron chi connectivity index (χ3n) is 2.20. The van der Waals surface area contributed by atoms with Crippen molar-refractivity contribution in [2.24, 2.45) is 5.92 Å². The molecule has 0 amide bonds. The summed E-state index contributed by atoms with van der Waals surface area (Å²) in [6.45, 7) is 8.56. The molecule has 0 aliphatic heterocycles. The van der Waals surface area contributed by atoms with E-state index in [0.717, 1.165) is 17.1 Å². The van der Waals surface area contributed by atoms with Gasteiger partial charge in [-0.2, -0.15) is 0 Å². The maximum absolute atomic E-state index is 10.6. The molecule has 4 heteroatoms. The molecule has 1 rings (SSSR count). The Kier molecular flexibility index (Phi) is 4.47. The van der Waals surface area contributed by atoms with Crippen molar-refractivity contribution in [2.45, 2.75) is 46.5 Å². The standard InChI is InChI=1S/C12H19NO2S/c1-7(2)5-9-12(8(3)4)16-10(13-9)6-11(14)15/h7-8H,5-6H2,1-4H3,(H,14,15). The van der Waals surface area contributed by atoms with Crippen LogP contribution in [0.4, 0.5) is 0 Å². The van der Waals surface area contributed by atoms with Gasteiger partial charge in [-0.1, -0.05) is 27.7 Å². The van der Waals surface area contributed by atoms with E-state index in [2.05, 4.69) is 32.7 Å². The number of hydrogen-bond donors (Lipinski definition) is 1. The van der Waals surface area contributed by atoms with E-state index in [-0.39, 0.29) is 6.42 Å². The largest absolute Gasteiger partial charge is 0.481 e. The highest BCUT2D eigenvalue weighted by molar-refractivity contribution is 7.11. The monoisotopic (exact) mass is 241 g/mol. The number of carbonyl (C=O) groups is 1. The molecule has 1 aromatic heterocycles. The maximum Gasteiger partial charge on any atom is 0.310 e. The average molecular weight is 241 g/mol. The molecule has 0 atom stereocenters. The molecule has 0 aromatic carbocycles. The van der Waals surface area contributed by atoms with E-state index in [0.29, 0.717) is 11.8 Å². The van der Waals surface area contributed by atoms with Gasteiger partial charge in [0, 0.05) is 4.88 Å². The van der Waals surface area contributed by atoms with E-state index >= 15 is 0 Å². The molecule has 0 unspecified atom stereocenters. The Balaban J connectivity index is 2.95. The molecule has 90 valence electrons. The Morgan fingerprint density at radius 1 is 1.38 bits per heavy atom. The van der Waals surface area contributed by atoms with Gasteiger partial charge in [-0.25, -0.2) is 4.98 Å². The third-order valence-corrected chi connectivity index (χ3v) is 3.60. The molecule has 0 aliphatic rings. The van der Waals surface area contributed by atoms with Crippen LogP contribution in [0.25, 0.3) is 0 Å². The second-order valence-corrected chi connectivity index (χ2v) is 5.86. The normalized spacial score (nSPS) is 11.4. The van der Waals surface area contributed by atoms with Gasteiger partial charge in [-0.05, 0) is 18.3 Å². The van der Waals surface area contributed by atoms with Crippen LogP contribution in [-0.4, -0.2) is 16.1 Å². The highest BCUT2D eigenvalue weighted by Gasteiger charge is 2.16. The SMILES string of the molecule is CC(C)Cc1nc(CC(=O)O)sc1C(C)C. The highest BCUT2D eigenvalue weighted by Crippen LogP contribution is 2.28. The molecule has 0 radical (unpaired) electrons. The average Bonchev–Trinajstić information content (AvgIpc) is 2.45. The summed E-state index contributed by atoms with van der Waals surface area (Å²) in [5, 5.41) is 9.48. The molecule has 0 fully saturated rings. The minimum Gasteiger partial charge on any atom is -0.481 e. The third kappa shape index (κ3) is 3.59. The van der Waals surface area contributed by atoms with Gasteiger partial charge in [-0.15, -0.1) is 11.3 Å². The van der Waals surface area contributed by atoms with Crippen molar-refractivity contribution in [3.8, 4) is 0 Å². The zero-order chi connectivity index (χ0) is 12.3. The van der Waals surface area contributed by atoms with Crippen LogP contribution in [0, 0.1) is 5.92 Å². The number of rotatable bonds is 5. The van der Waals surface area contributed by atoms with Crippen LogP contribution in [0.2, 0.25) is 0 Å². The van der Waals surface area contributed by atoms with Crippen LogP contribution in [0.3, 0.4) is 0 Å². The number of aromatic nitrogens is 1. The van der Waals surface area contributed by atoms with Crippen molar-refractivity contribution in [3.05, 3.63) is 15.6 Å². The lowest BCUT2D eigenvalue weighted by atomic mass is 10.0. The molecule has 3 nitrogen and oxygen atoms in total. The van der Waals surface area contributed by atoms with Gasteiger partial charge >= 0.3 is 5.97 Å². The lowest BCUT2D eigenvalue weighted by Crippen LogP contribution is -2.01. The van der Waals surface area contributed by atoms with Crippen molar-refractivity contribution in [2.75, 3.05) is 0 Å². The Morgan fingerprint density at radius 2 is 2.00 bits per heavy atom. The number of thiazole rings is 1. The Morgan fingerprint density at radius 3 is 2.44 bits per heavy atom. The molecule has 0 saturated carbocycles. The fourth-order valence-electron chi connectivity index (χ4n) is 1.60. The summed E-state index contributed by atoms with van der Waals surface area (Å²) in [7, 11) is 0. The first-order valence-corrected chi connectivity index (χ1v) is 6.42. The number of carboxylic acid groups (broad SMARTS) is 1. The summed E-state index contributed by atoms with van der Waals surface area (Å²) >= 11 is 1.55. The highest BCUT2D eigenvalue weighted by atomic mass is 32.1. The van der Waals surface area contributed by atoms with Gasteiger partial charge in [-0.3, -0.25) is 4.79 Å². The van der Waals surface area contributed by atoms with Crippen LogP contribution < -0.4 is 0 Å². The summed E-state index contributed by atoms with van der Waals surface area (Å²) in [6, 6.07) is 0. The summed E-state index contributed by atoms with van der Waals surface area (Å²) in [6.07, 6.45) is 0.978. The molecule has 1 N–H and O–H groups in total. The number of carboxylic acids is 1. The summed E-state index contributed by atoms with van der Waals surface area (Å²) < 4.78 is 0. The van der Waals surface area contributed by atoms with E-state index in [4.69, 9.17) is 5.11 Å². The van der Waals surface area contributed by atoms with Crippen molar-refractivity contribution >= 4 is 17.3 Å². The second-order valence-electron chi connectivity index (χ2n) is 4.74. The van der Waals surface area contributed by atoms with Gasteiger partial charge < -0.3 is 5.11 Å². The fraction of sp³-hybridized carbons (Fsp3) is 0.667.